The van der Waals surface area contributed by atoms with Crippen molar-refractivity contribution in [3.63, 3.8) is 0 Å². The van der Waals surface area contributed by atoms with Crippen LogP contribution in [0.2, 0.25) is 0 Å². The van der Waals surface area contributed by atoms with Gasteiger partial charge in [0.25, 0.3) is 0 Å². The topological polar surface area (TPSA) is 4.93 Å². The number of rotatable bonds is 2. The highest BCUT2D eigenvalue weighted by Gasteiger charge is 2.51. The third-order valence-electron chi connectivity index (χ3n) is 9.08. The molecule has 182 valence electrons. The van der Waals surface area contributed by atoms with Crippen LogP contribution in [0.15, 0.2) is 140 Å². The van der Waals surface area contributed by atoms with Crippen molar-refractivity contribution in [2.45, 2.75) is 12.0 Å². The summed E-state index contributed by atoms with van der Waals surface area (Å²) in [5, 5.41) is 2.63. The number of nitrogens with zero attached hydrogens (tertiary/aromatic N) is 1. The summed E-state index contributed by atoms with van der Waals surface area (Å²) in [7, 11) is 0. The minimum Gasteiger partial charge on any atom is -0.336 e. The van der Waals surface area contributed by atoms with E-state index in [0.29, 0.717) is 0 Å². The zero-order chi connectivity index (χ0) is 25.6. The highest BCUT2D eigenvalue weighted by atomic mass is 15.0. The van der Waals surface area contributed by atoms with Crippen LogP contribution >= 0.6 is 0 Å². The predicted octanol–water partition coefficient (Wildman–Crippen LogP) is 9.19. The number of benzene rings is 6. The zero-order valence-electron chi connectivity index (χ0n) is 21.4. The average molecular weight is 496 g/mol. The Morgan fingerprint density at radius 2 is 0.846 bits per heavy atom. The summed E-state index contributed by atoms with van der Waals surface area (Å²) in [6, 6.07) is 51.9. The maximum Gasteiger partial charge on any atom is 0.0725 e. The number of aromatic nitrogens is 1. The molecule has 2 aliphatic rings. The van der Waals surface area contributed by atoms with Crippen molar-refractivity contribution >= 4 is 21.8 Å². The lowest BCUT2D eigenvalue weighted by atomic mass is 9.70. The monoisotopic (exact) mass is 495 g/mol. The molecular formula is C38H25N. The molecule has 1 heterocycles. The van der Waals surface area contributed by atoms with Crippen LogP contribution in [0.4, 0.5) is 0 Å². The van der Waals surface area contributed by atoms with Gasteiger partial charge in [-0.2, -0.15) is 0 Å². The van der Waals surface area contributed by atoms with Gasteiger partial charge in [0.1, 0.15) is 0 Å². The van der Waals surface area contributed by atoms with Gasteiger partial charge < -0.3 is 4.57 Å². The van der Waals surface area contributed by atoms with Crippen LogP contribution in [0, 0.1) is 0 Å². The fraction of sp³-hybridized carbons (Fsp3) is 0.0526. The van der Waals surface area contributed by atoms with Crippen LogP contribution in [-0.4, -0.2) is 4.57 Å². The molecule has 0 bridgehead atoms. The standard InChI is InChI=1S/C38H25N/c1-6-16-32-26(11-1)27-12-2-7-17-33(27)38(32)34-18-8-3-13-28(34)31-23-25(21-22-35(31)38)24-39-36-19-9-4-14-29(36)30-15-5-10-20-37(30)39/h1-23H,24H2. The van der Waals surface area contributed by atoms with Crippen LogP contribution in [-0.2, 0) is 12.0 Å². The molecule has 0 fully saturated rings. The molecule has 7 aromatic rings. The van der Waals surface area contributed by atoms with E-state index in [4.69, 9.17) is 0 Å². The molecule has 0 radical (unpaired) electrons. The minimum atomic E-state index is -0.273. The molecule has 0 amide bonds. The van der Waals surface area contributed by atoms with E-state index in [1.165, 1.54) is 71.9 Å². The van der Waals surface area contributed by atoms with Crippen molar-refractivity contribution in [2.24, 2.45) is 0 Å². The molecule has 0 N–H and O–H groups in total. The Morgan fingerprint density at radius 1 is 0.410 bits per heavy atom. The van der Waals surface area contributed by atoms with Gasteiger partial charge >= 0.3 is 0 Å². The Kier molecular flexibility index (Phi) is 4.10. The first-order valence-electron chi connectivity index (χ1n) is 13.7. The summed E-state index contributed by atoms with van der Waals surface area (Å²) >= 11 is 0. The van der Waals surface area contributed by atoms with Crippen LogP contribution < -0.4 is 0 Å². The molecule has 9 rings (SSSR count). The van der Waals surface area contributed by atoms with E-state index in [1.54, 1.807) is 0 Å². The Bertz CT molecular complexity index is 2010. The molecular weight excluding hydrogens is 470 g/mol. The minimum absolute atomic E-state index is 0.273. The van der Waals surface area contributed by atoms with E-state index in [0.717, 1.165) is 6.54 Å². The van der Waals surface area contributed by atoms with Gasteiger partial charge in [-0.25, -0.2) is 0 Å². The van der Waals surface area contributed by atoms with Gasteiger partial charge in [0.2, 0.25) is 0 Å². The highest BCUT2D eigenvalue weighted by Crippen LogP contribution is 2.62. The van der Waals surface area contributed by atoms with Crippen molar-refractivity contribution in [3.8, 4) is 22.3 Å². The van der Waals surface area contributed by atoms with E-state index < -0.39 is 0 Å². The Labute approximate surface area is 227 Å². The molecule has 2 aliphatic carbocycles. The van der Waals surface area contributed by atoms with Crippen LogP contribution in [0.25, 0.3) is 44.1 Å². The van der Waals surface area contributed by atoms with Crippen molar-refractivity contribution < 1.29 is 0 Å². The molecule has 39 heavy (non-hydrogen) atoms. The maximum atomic E-state index is 2.48. The molecule has 1 aromatic heterocycles. The maximum absolute atomic E-state index is 2.48. The van der Waals surface area contributed by atoms with Gasteiger partial charge in [0.15, 0.2) is 0 Å². The van der Waals surface area contributed by atoms with E-state index in [1.807, 2.05) is 0 Å². The Hall–Kier alpha value is -4.88. The predicted molar refractivity (Wildman–Crippen MR) is 161 cm³/mol. The molecule has 0 unspecified atom stereocenters. The third kappa shape index (κ3) is 2.60. The molecule has 1 spiro atoms. The molecule has 6 aromatic carbocycles. The number of para-hydroxylation sites is 2. The van der Waals surface area contributed by atoms with Gasteiger partial charge in [-0.3, -0.25) is 0 Å². The quantitative estimate of drug-likeness (QED) is 0.225. The second kappa shape index (κ2) is 7.58. The Morgan fingerprint density at radius 3 is 1.41 bits per heavy atom. The SMILES string of the molecule is c1ccc2c(c1)-c1ccccc1C21c2ccccc2-c2cc(Cn3c4ccccc4c4ccccc43)ccc21. The van der Waals surface area contributed by atoms with Crippen molar-refractivity contribution in [1.82, 2.24) is 4.57 Å². The van der Waals surface area contributed by atoms with Gasteiger partial charge in [0, 0.05) is 28.4 Å². The van der Waals surface area contributed by atoms with Crippen LogP contribution in [0.1, 0.15) is 27.8 Å². The highest BCUT2D eigenvalue weighted by molar-refractivity contribution is 6.08. The second-order valence-corrected chi connectivity index (χ2v) is 10.9. The number of hydrogen-bond acceptors (Lipinski definition) is 0. The van der Waals surface area contributed by atoms with E-state index in [2.05, 4.69) is 144 Å². The molecule has 1 heteroatoms. The van der Waals surface area contributed by atoms with Crippen LogP contribution in [0.3, 0.4) is 0 Å². The van der Waals surface area contributed by atoms with Gasteiger partial charge in [-0.05, 0) is 68.3 Å². The molecule has 0 saturated heterocycles. The van der Waals surface area contributed by atoms with E-state index in [9.17, 15) is 0 Å². The fourth-order valence-electron chi connectivity index (χ4n) is 7.60. The summed E-state index contributed by atoms with van der Waals surface area (Å²) in [5.41, 5.74) is 14.6. The van der Waals surface area contributed by atoms with E-state index >= 15 is 0 Å². The smallest absolute Gasteiger partial charge is 0.0725 e. The summed E-state index contributed by atoms with van der Waals surface area (Å²) < 4.78 is 2.48. The van der Waals surface area contributed by atoms with Crippen LogP contribution in [0.5, 0.6) is 0 Å². The van der Waals surface area contributed by atoms with Gasteiger partial charge in [-0.15, -0.1) is 0 Å². The summed E-state index contributed by atoms with van der Waals surface area (Å²) in [6.07, 6.45) is 0. The molecule has 0 aliphatic heterocycles. The second-order valence-electron chi connectivity index (χ2n) is 10.9. The average Bonchev–Trinajstić information content (AvgIpc) is 3.59. The lowest BCUT2D eigenvalue weighted by molar-refractivity contribution is 0.791. The summed E-state index contributed by atoms with van der Waals surface area (Å²) in [4.78, 5) is 0. The van der Waals surface area contributed by atoms with Gasteiger partial charge in [0.05, 0.1) is 5.41 Å². The van der Waals surface area contributed by atoms with Crippen molar-refractivity contribution in [3.05, 3.63) is 167 Å². The number of hydrogen-bond donors (Lipinski definition) is 0. The van der Waals surface area contributed by atoms with Crippen molar-refractivity contribution in [1.29, 1.82) is 0 Å². The zero-order valence-corrected chi connectivity index (χ0v) is 21.4. The lowest BCUT2D eigenvalue weighted by Gasteiger charge is -2.30. The first-order valence-corrected chi connectivity index (χ1v) is 13.7. The summed E-state index contributed by atoms with van der Waals surface area (Å²) in [6.45, 7) is 0.837. The Balaban J connectivity index is 1.29. The van der Waals surface area contributed by atoms with Gasteiger partial charge in [-0.1, -0.05) is 121 Å². The lowest BCUT2D eigenvalue weighted by Crippen LogP contribution is -2.25. The fourth-order valence-corrected chi connectivity index (χ4v) is 7.60. The van der Waals surface area contributed by atoms with E-state index in [-0.39, 0.29) is 5.41 Å². The molecule has 1 nitrogen and oxygen atoms in total. The first kappa shape index (κ1) is 21.1. The normalized spacial score (nSPS) is 13.9. The third-order valence-corrected chi connectivity index (χ3v) is 9.08. The number of fused-ring (bicyclic) bond motifs is 13. The largest absolute Gasteiger partial charge is 0.336 e. The molecule has 0 saturated carbocycles. The first-order chi connectivity index (χ1) is 19.4. The summed E-state index contributed by atoms with van der Waals surface area (Å²) in [5.74, 6) is 0. The molecule has 0 atom stereocenters. The van der Waals surface area contributed by atoms with Crippen molar-refractivity contribution in [2.75, 3.05) is 0 Å².